The number of carbonyl (C=O) groups excluding carboxylic acids is 2. The van der Waals surface area contributed by atoms with Crippen LogP contribution in [0.2, 0.25) is 0 Å². The second-order valence-corrected chi connectivity index (χ2v) is 8.84. The number of benzene rings is 4. The Hall–Kier alpha value is -5.37. The van der Waals surface area contributed by atoms with Crippen LogP contribution in [0.25, 0.3) is 22.1 Å². The zero-order chi connectivity index (χ0) is 27.9. The van der Waals surface area contributed by atoms with Crippen LogP contribution < -0.4 is 20.4 Å². The lowest BCUT2D eigenvalue weighted by Gasteiger charge is -2.18. The molecule has 0 fully saturated rings. The van der Waals surface area contributed by atoms with E-state index in [0.29, 0.717) is 22.3 Å². The Morgan fingerprint density at radius 3 is 2.20 bits per heavy atom. The molecule has 0 aliphatic carbocycles. The van der Waals surface area contributed by atoms with Gasteiger partial charge in [0, 0.05) is 17.5 Å². The fraction of sp³-hybridized carbons (Fsp3) is 0.0938. The molecule has 1 amide bonds. The first-order chi connectivity index (χ1) is 19.5. The summed E-state index contributed by atoms with van der Waals surface area (Å²) < 4.78 is 21.6. The molecule has 200 valence electrons. The van der Waals surface area contributed by atoms with Crippen LogP contribution in [0.1, 0.15) is 17.2 Å². The lowest BCUT2D eigenvalue weighted by molar-refractivity contribution is -0.136. The number of nitrogens with one attached hydrogen (secondary N) is 1. The van der Waals surface area contributed by atoms with E-state index in [1.54, 1.807) is 61.7 Å². The Morgan fingerprint density at radius 1 is 0.825 bits per heavy atom. The highest BCUT2D eigenvalue weighted by Gasteiger charge is 2.26. The topological polar surface area (TPSA) is 104 Å². The van der Waals surface area contributed by atoms with Crippen LogP contribution >= 0.6 is 0 Å². The van der Waals surface area contributed by atoms with Gasteiger partial charge in [0.25, 0.3) is 0 Å². The maximum atomic E-state index is 13.3. The Morgan fingerprint density at radius 2 is 1.50 bits per heavy atom. The van der Waals surface area contributed by atoms with Gasteiger partial charge in [-0.2, -0.15) is 0 Å². The minimum atomic E-state index is -1.14. The highest BCUT2D eigenvalue weighted by molar-refractivity contribution is 5.94. The first-order valence-corrected chi connectivity index (χ1v) is 12.5. The van der Waals surface area contributed by atoms with Gasteiger partial charge in [0.15, 0.2) is 6.04 Å². The summed E-state index contributed by atoms with van der Waals surface area (Å²) in [4.78, 5) is 38.2. The minimum absolute atomic E-state index is 0.0451. The molecular formula is C32H25NO7. The normalized spacial score (nSPS) is 11.4. The number of ether oxygens (including phenoxy) is 3. The van der Waals surface area contributed by atoms with Gasteiger partial charge >= 0.3 is 17.7 Å². The zero-order valence-electron chi connectivity index (χ0n) is 21.5. The first-order valence-electron chi connectivity index (χ1n) is 12.5. The number of methoxy groups -OCH3 is 1. The molecule has 1 aromatic heterocycles. The number of esters is 1. The van der Waals surface area contributed by atoms with Crippen molar-refractivity contribution in [1.82, 2.24) is 5.32 Å². The number of carbonyl (C=O) groups is 2. The van der Waals surface area contributed by atoms with Gasteiger partial charge in [-0.1, -0.05) is 72.8 Å². The molecule has 0 saturated heterocycles. The van der Waals surface area contributed by atoms with Crippen molar-refractivity contribution in [2.45, 2.75) is 12.6 Å². The molecule has 40 heavy (non-hydrogen) atoms. The van der Waals surface area contributed by atoms with Crippen molar-refractivity contribution in [3.05, 3.63) is 131 Å². The average Bonchev–Trinajstić information content (AvgIpc) is 2.99. The van der Waals surface area contributed by atoms with E-state index in [1.165, 1.54) is 12.1 Å². The predicted octanol–water partition coefficient (Wildman–Crippen LogP) is 6.04. The SMILES string of the molecule is COc1ccc(-c2cc(=O)oc3cc(OC(=O)[C@@H](NC(=O)OCc4ccccc4)c4ccccc4)ccc23)cc1. The van der Waals surface area contributed by atoms with E-state index in [-0.39, 0.29) is 17.9 Å². The molecule has 0 saturated carbocycles. The van der Waals surface area contributed by atoms with Crippen molar-refractivity contribution < 1.29 is 28.2 Å². The van der Waals surface area contributed by atoms with E-state index in [9.17, 15) is 14.4 Å². The third-order valence-corrected chi connectivity index (χ3v) is 6.18. The molecule has 0 unspecified atom stereocenters. The third-order valence-electron chi connectivity index (χ3n) is 6.18. The van der Waals surface area contributed by atoms with Crippen molar-refractivity contribution >= 4 is 23.0 Å². The van der Waals surface area contributed by atoms with Crippen molar-refractivity contribution in [3.8, 4) is 22.6 Å². The quantitative estimate of drug-likeness (QED) is 0.147. The van der Waals surface area contributed by atoms with Crippen molar-refractivity contribution in [3.63, 3.8) is 0 Å². The van der Waals surface area contributed by atoms with Crippen LogP contribution in [0, 0.1) is 0 Å². The molecule has 1 N–H and O–H groups in total. The van der Waals surface area contributed by atoms with Crippen molar-refractivity contribution in [2.24, 2.45) is 0 Å². The molecule has 0 aliphatic heterocycles. The molecule has 8 nitrogen and oxygen atoms in total. The highest BCUT2D eigenvalue weighted by atomic mass is 16.6. The van der Waals surface area contributed by atoms with Crippen molar-refractivity contribution in [1.29, 1.82) is 0 Å². The first kappa shape index (κ1) is 26.2. The summed E-state index contributed by atoms with van der Waals surface area (Å²) in [6, 6.07) is 30.2. The van der Waals surface area contributed by atoms with Gasteiger partial charge in [-0.15, -0.1) is 0 Å². The third kappa shape index (κ3) is 6.19. The smallest absolute Gasteiger partial charge is 0.408 e. The largest absolute Gasteiger partial charge is 0.497 e. The number of fused-ring (bicyclic) bond motifs is 1. The van der Waals surface area contributed by atoms with Crippen LogP contribution in [0.3, 0.4) is 0 Å². The number of alkyl carbamates (subject to hydrolysis) is 1. The Labute approximate surface area is 229 Å². The Balaban J connectivity index is 1.37. The summed E-state index contributed by atoms with van der Waals surface area (Å²) in [5.74, 6) is 0.0968. The molecular weight excluding hydrogens is 510 g/mol. The summed E-state index contributed by atoms with van der Waals surface area (Å²) in [7, 11) is 1.58. The average molecular weight is 536 g/mol. The van der Waals surface area contributed by atoms with Gasteiger partial charge < -0.3 is 23.9 Å². The van der Waals surface area contributed by atoms with Crippen LogP contribution in [0.15, 0.2) is 118 Å². The molecule has 0 bridgehead atoms. The van der Waals surface area contributed by atoms with Crippen LogP contribution in [0.4, 0.5) is 4.79 Å². The molecule has 1 heterocycles. The van der Waals surface area contributed by atoms with Gasteiger partial charge in [0.2, 0.25) is 0 Å². The van der Waals surface area contributed by atoms with E-state index in [1.807, 2.05) is 42.5 Å². The second-order valence-electron chi connectivity index (χ2n) is 8.84. The van der Waals surface area contributed by atoms with Gasteiger partial charge in [-0.05, 0) is 46.5 Å². The van der Waals surface area contributed by atoms with E-state index in [4.69, 9.17) is 18.6 Å². The fourth-order valence-corrected chi connectivity index (χ4v) is 4.20. The highest BCUT2D eigenvalue weighted by Crippen LogP contribution is 2.31. The van der Waals surface area contributed by atoms with Crippen LogP contribution in [0.5, 0.6) is 11.5 Å². The molecule has 0 radical (unpaired) electrons. The van der Waals surface area contributed by atoms with Gasteiger partial charge in [-0.25, -0.2) is 14.4 Å². The molecule has 0 aliphatic rings. The van der Waals surface area contributed by atoms with E-state index < -0.39 is 23.7 Å². The van der Waals surface area contributed by atoms with Crippen LogP contribution in [-0.4, -0.2) is 19.2 Å². The molecule has 8 heteroatoms. The Kier molecular flexibility index (Phi) is 7.87. The summed E-state index contributed by atoms with van der Waals surface area (Å²) in [5.41, 5.74) is 2.48. The van der Waals surface area contributed by atoms with Crippen molar-refractivity contribution in [2.75, 3.05) is 7.11 Å². The molecule has 4 aromatic carbocycles. The number of hydrogen-bond donors (Lipinski definition) is 1. The monoisotopic (exact) mass is 535 g/mol. The fourth-order valence-electron chi connectivity index (χ4n) is 4.20. The molecule has 5 aromatic rings. The summed E-state index contributed by atoms with van der Waals surface area (Å²) in [6.45, 7) is 0.0451. The lowest BCUT2D eigenvalue weighted by Crippen LogP contribution is -2.36. The van der Waals surface area contributed by atoms with E-state index in [2.05, 4.69) is 5.32 Å². The predicted molar refractivity (Wildman–Crippen MR) is 149 cm³/mol. The van der Waals surface area contributed by atoms with Crippen LogP contribution in [-0.2, 0) is 16.1 Å². The number of amides is 1. The zero-order valence-corrected chi connectivity index (χ0v) is 21.5. The second kappa shape index (κ2) is 12.0. The van der Waals surface area contributed by atoms with Gasteiger partial charge in [0.1, 0.15) is 23.7 Å². The Bertz CT molecular complexity index is 1680. The summed E-state index contributed by atoms with van der Waals surface area (Å²) >= 11 is 0. The summed E-state index contributed by atoms with van der Waals surface area (Å²) in [6.07, 6.45) is -0.775. The molecule has 1 atom stereocenters. The number of rotatable bonds is 8. The maximum absolute atomic E-state index is 13.3. The molecule has 0 spiro atoms. The molecule has 5 rings (SSSR count). The van der Waals surface area contributed by atoms with Gasteiger partial charge in [0.05, 0.1) is 7.11 Å². The summed E-state index contributed by atoms with van der Waals surface area (Å²) in [5, 5.41) is 3.25. The maximum Gasteiger partial charge on any atom is 0.408 e. The number of hydrogen-bond acceptors (Lipinski definition) is 7. The standard InChI is InChI=1S/C32H25NO7/c1-37-24-14-12-22(13-15-24)27-19-29(34)40-28-18-25(16-17-26(27)28)39-31(35)30(23-10-6-3-7-11-23)33-32(36)38-20-21-8-4-2-5-9-21/h2-19,30H,20H2,1H3,(H,33,36)/t30-/m0/s1. The van der Waals surface area contributed by atoms with E-state index in [0.717, 1.165) is 11.1 Å². The van der Waals surface area contributed by atoms with Gasteiger partial charge in [-0.3, -0.25) is 0 Å². The minimum Gasteiger partial charge on any atom is -0.497 e. The lowest BCUT2D eigenvalue weighted by atomic mass is 10.0. The van der Waals surface area contributed by atoms with E-state index >= 15 is 0 Å².